The molecule has 0 saturated heterocycles. The summed E-state index contributed by atoms with van der Waals surface area (Å²) in [6, 6.07) is 9.15. The Bertz CT molecular complexity index is 1310. The monoisotopic (exact) mass is 525 g/mol. The fourth-order valence-electron chi connectivity index (χ4n) is 4.07. The van der Waals surface area contributed by atoms with Gasteiger partial charge in [0.15, 0.2) is 11.5 Å². The summed E-state index contributed by atoms with van der Waals surface area (Å²) in [4.78, 5) is 33.1. The third kappa shape index (κ3) is 5.64. The van der Waals surface area contributed by atoms with Crippen LogP contribution in [0, 0.1) is 6.92 Å². The maximum absolute atomic E-state index is 13.2. The number of benzene rings is 2. The normalized spacial score (nSPS) is 14.4. The second-order valence-electron chi connectivity index (χ2n) is 8.30. The Morgan fingerprint density at radius 2 is 1.68 bits per heavy atom. The summed E-state index contributed by atoms with van der Waals surface area (Å²) in [6.45, 7) is 9.74. The number of halogens is 1. The molecule has 9 heteroatoms. The fraction of sp³-hybridized carbons (Fsp3) is 0.321. The molecule has 0 aromatic heterocycles. The third-order valence-electron chi connectivity index (χ3n) is 6.19. The van der Waals surface area contributed by atoms with Crippen LogP contribution in [0.15, 0.2) is 57.7 Å². The Morgan fingerprint density at radius 3 is 2.24 bits per heavy atom. The van der Waals surface area contributed by atoms with Crippen LogP contribution in [0.5, 0.6) is 17.2 Å². The highest BCUT2D eigenvalue weighted by Crippen LogP contribution is 2.40. The first kappa shape index (κ1) is 27.8. The van der Waals surface area contributed by atoms with Crippen molar-refractivity contribution in [1.82, 2.24) is 5.32 Å². The molecule has 0 heterocycles. The number of Topliss-reactive ketones (excluding diaryl/α,β-unsaturated/α-hetero) is 1. The minimum Gasteiger partial charge on any atom is -0.493 e. The van der Waals surface area contributed by atoms with Crippen molar-refractivity contribution in [3.05, 3.63) is 63.8 Å². The van der Waals surface area contributed by atoms with Gasteiger partial charge < -0.3 is 24.4 Å². The second kappa shape index (κ2) is 12.0. The number of hydrogen-bond acceptors (Lipinski definition) is 7. The van der Waals surface area contributed by atoms with E-state index in [2.05, 4.69) is 30.1 Å². The quantitative estimate of drug-likeness (QED) is 0.444. The van der Waals surface area contributed by atoms with Gasteiger partial charge in [0.25, 0.3) is 5.91 Å². The highest BCUT2D eigenvalue weighted by atomic mass is 35.5. The van der Waals surface area contributed by atoms with E-state index in [4.69, 9.17) is 30.8 Å². The lowest BCUT2D eigenvalue weighted by Crippen LogP contribution is -2.31. The number of carbonyl (C=O) groups excluding carboxylic acids is 2. The van der Waals surface area contributed by atoms with Crippen molar-refractivity contribution in [2.24, 2.45) is 4.99 Å². The molecule has 0 saturated carbocycles. The average molecular weight is 526 g/mol. The van der Waals surface area contributed by atoms with Crippen LogP contribution < -0.4 is 24.4 Å². The van der Waals surface area contributed by atoms with E-state index in [1.54, 1.807) is 13.0 Å². The number of amides is 1. The zero-order valence-corrected chi connectivity index (χ0v) is 22.9. The molecular weight excluding hydrogens is 494 g/mol. The van der Waals surface area contributed by atoms with Gasteiger partial charge in [0, 0.05) is 18.8 Å². The van der Waals surface area contributed by atoms with Gasteiger partial charge in [0.2, 0.25) is 11.5 Å². The Morgan fingerprint density at radius 1 is 1.00 bits per heavy atom. The Kier molecular flexibility index (Phi) is 8.99. The number of carbonyl (C=O) groups is 2. The van der Waals surface area contributed by atoms with Gasteiger partial charge in [-0.1, -0.05) is 11.6 Å². The Hall–Kier alpha value is -3.78. The highest BCUT2D eigenvalue weighted by Gasteiger charge is 2.28. The molecular formula is C28H32ClN3O5. The van der Waals surface area contributed by atoms with Crippen molar-refractivity contribution in [3.8, 4) is 17.2 Å². The largest absolute Gasteiger partial charge is 0.493 e. The number of ether oxygens (including phenoxy) is 3. The minimum absolute atomic E-state index is 0.00626. The number of nitrogens with zero attached hydrogens (tertiary/aromatic N) is 2. The third-order valence-corrected chi connectivity index (χ3v) is 6.64. The predicted octanol–water partition coefficient (Wildman–Crippen LogP) is 5.35. The number of anilines is 1. The van der Waals surface area contributed by atoms with Crippen molar-refractivity contribution in [2.75, 3.05) is 39.3 Å². The zero-order valence-electron chi connectivity index (χ0n) is 22.2. The van der Waals surface area contributed by atoms with Crippen LogP contribution in [0.25, 0.3) is 0 Å². The average Bonchev–Trinajstić information content (AvgIpc) is 2.90. The van der Waals surface area contributed by atoms with Gasteiger partial charge in [-0.05, 0) is 75.2 Å². The van der Waals surface area contributed by atoms with Crippen LogP contribution in [-0.2, 0) is 4.79 Å². The SMILES string of the molecule is CCN(CC)c1ccc(N=C2C=C(NC(=O)c3ccc(OC)c(OC)c3OC)C(=O)C(Cl)=C2C)c(C)c1. The molecule has 0 atom stereocenters. The number of aliphatic imine (C=N–C) groups is 1. The molecule has 0 radical (unpaired) electrons. The van der Waals surface area contributed by atoms with Gasteiger partial charge in [-0.2, -0.15) is 0 Å². The topological polar surface area (TPSA) is 89.5 Å². The van der Waals surface area contributed by atoms with Crippen LogP contribution in [0.2, 0.25) is 0 Å². The minimum atomic E-state index is -0.569. The van der Waals surface area contributed by atoms with Crippen molar-refractivity contribution >= 4 is 40.4 Å². The van der Waals surface area contributed by atoms with E-state index in [-0.39, 0.29) is 27.8 Å². The molecule has 0 fully saturated rings. The van der Waals surface area contributed by atoms with E-state index in [9.17, 15) is 9.59 Å². The standard InChI is InChI=1S/C28H32ClN3O5/c1-8-32(9-2)18-10-12-20(16(3)14-18)30-21-15-22(25(33)24(29)17(21)4)31-28(34)19-11-13-23(35-5)27(37-7)26(19)36-6/h10-15H,8-9H2,1-7H3,(H,31,34). The van der Waals surface area contributed by atoms with Crippen LogP contribution >= 0.6 is 11.6 Å². The lowest BCUT2D eigenvalue weighted by atomic mass is 10.0. The summed E-state index contributed by atoms with van der Waals surface area (Å²) in [5, 5.41) is 2.65. The van der Waals surface area contributed by atoms with Crippen molar-refractivity contribution in [2.45, 2.75) is 27.7 Å². The fourth-order valence-corrected chi connectivity index (χ4v) is 4.27. The number of rotatable bonds is 9. The number of allylic oxidation sites excluding steroid dienone is 3. The first-order chi connectivity index (χ1) is 17.7. The Balaban J connectivity index is 1.99. The molecule has 2 aromatic carbocycles. The van der Waals surface area contributed by atoms with E-state index in [1.165, 1.54) is 33.5 Å². The van der Waals surface area contributed by atoms with E-state index in [0.29, 0.717) is 17.0 Å². The molecule has 37 heavy (non-hydrogen) atoms. The van der Waals surface area contributed by atoms with Crippen LogP contribution in [-0.4, -0.2) is 51.8 Å². The molecule has 0 spiro atoms. The smallest absolute Gasteiger partial charge is 0.259 e. The molecule has 196 valence electrons. The first-order valence-corrected chi connectivity index (χ1v) is 12.3. The van der Waals surface area contributed by atoms with Gasteiger partial charge in [-0.15, -0.1) is 0 Å². The van der Waals surface area contributed by atoms with E-state index in [1.807, 2.05) is 19.1 Å². The van der Waals surface area contributed by atoms with Gasteiger partial charge in [-0.25, -0.2) is 4.99 Å². The second-order valence-corrected chi connectivity index (χ2v) is 8.68. The van der Waals surface area contributed by atoms with Gasteiger partial charge >= 0.3 is 0 Å². The molecule has 1 amide bonds. The summed E-state index contributed by atoms with van der Waals surface area (Å²) >= 11 is 6.38. The van der Waals surface area contributed by atoms with Crippen molar-refractivity contribution in [3.63, 3.8) is 0 Å². The molecule has 0 aliphatic heterocycles. The summed E-state index contributed by atoms with van der Waals surface area (Å²) in [5.41, 5.74) is 4.02. The van der Waals surface area contributed by atoms with Gasteiger partial charge in [-0.3, -0.25) is 9.59 Å². The maximum Gasteiger partial charge on any atom is 0.259 e. The maximum atomic E-state index is 13.2. The van der Waals surface area contributed by atoms with Crippen LogP contribution in [0.4, 0.5) is 11.4 Å². The van der Waals surface area contributed by atoms with Crippen molar-refractivity contribution < 1.29 is 23.8 Å². The van der Waals surface area contributed by atoms with Crippen LogP contribution in [0.3, 0.4) is 0 Å². The molecule has 0 unspecified atom stereocenters. The number of methoxy groups -OCH3 is 3. The van der Waals surface area contributed by atoms with E-state index >= 15 is 0 Å². The number of nitrogens with one attached hydrogen (secondary N) is 1. The number of ketones is 1. The molecule has 1 N–H and O–H groups in total. The van der Waals surface area contributed by atoms with Gasteiger partial charge in [0.1, 0.15) is 0 Å². The number of aryl methyl sites for hydroxylation is 1. The number of hydrogen-bond donors (Lipinski definition) is 1. The van der Waals surface area contributed by atoms with E-state index in [0.717, 1.165) is 30.0 Å². The first-order valence-electron chi connectivity index (χ1n) is 11.9. The summed E-state index contributed by atoms with van der Waals surface area (Å²) < 4.78 is 16.0. The summed E-state index contributed by atoms with van der Waals surface area (Å²) in [5.74, 6) is -0.220. The molecule has 1 aliphatic carbocycles. The molecule has 1 aliphatic rings. The van der Waals surface area contributed by atoms with Crippen molar-refractivity contribution in [1.29, 1.82) is 0 Å². The van der Waals surface area contributed by atoms with Crippen LogP contribution in [0.1, 0.15) is 36.7 Å². The lowest BCUT2D eigenvalue weighted by molar-refractivity contribution is -0.112. The predicted molar refractivity (Wildman–Crippen MR) is 147 cm³/mol. The highest BCUT2D eigenvalue weighted by molar-refractivity contribution is 6.49. The van der Waals surface area contributed by atoms with E-state index < -0.39 is 11.7 Å². The van der Waals surface area contributed by atoms with Gasteiger partial charge in [0.05, 0.1) is 49.0 Å². The molecule has 2 aromatic rings. The summed E-state index contributed by atoms with van der Waals surface area (Å²) in [6.07, 6.45) is 1.53. The summed E-state index contributed by atoms with van der Waals surface area (Å²) in [7, 11) is 4.35. The zero-order chi connectivity index (χ0) is 27.3. The lowest BCUT2D eigenvalue weighted by Gasteiger charge is -2.22. The molecule has 8 nitrogen and oxygen atoms in total. The molecule has 0 bridgehead atoms. The Labute approximate surface area is 222 Å². The molecule has 3 rings (SSSR count).